The van der Waals surface area contributed by atoms with Crippen LogP contribution in [-0.2, 0) is 0 Å². The van der Waals surface area contributed by atoms with Crippen LogP contribution in [0.15, 0.2) is 4.99 Å². The molecule has 8 heteroatoms. The van der Waals surface area contributed by atoms with Crippen LogP contribution in [0.5, 0.6) is 0 Å². The first-order valence-corrected chi connectivity index (χ1v) is 9.81. The molecule has 0 aromatic carbocycles. The first kappa shape index (κ1) is 21.3. The number of aliphatic imine (C=N–C) groups is 1. The van der Waals surface area contributed by atoms with Crippen molar-refractivity contribution in [1.29, 1.82) is 0 Å². The molecule has 1 unspecified atom stereocenters. The average Bonchev–Trinajstić information content (AvgIpc) is 3.01. The number of hydrogen-bond donors (Lipinski definition) is 2. The molecule has 2 fully saturated rings. The Hall–Kier alpha value is -1.02. The Kier molecular flexibility index (Phi) is 8.47. The van der Waals surface area contributed by atoms with Crippen molar-refractivity contribution < 1.29 is 13.2 Å². The third-order valence-corrected chi connectivity index (χ3v) is 5.37. The Morgan fingerprint density at radius 1 is 1.08 bits per heavy atom. The van der Waals surface area contributed by atoms with Crippen LogP contribution >= 0.6 is 0 Å². The van der Waals surface area contributed by atoms with Crippen LogP contribution in [0, 0.1) is 11.8 Å². The van der Waals surface area contributed by atoms with Gasteiger partial charge in [0.05, 0.1) is 6.54 Å². The van der Waals surface area contributed by atoms with Crippen LogP contribution in [0.2, 0.25) is 0 Å². The van der Waals surface area contributed by atoms with E-state index in [4.69, 9.17) is 0 Å². The summed E-state index contributed by atoms with van der Waals surface area (Å²) >= 11 is 0. The minimum atomic E-state index is -4.10. The van der Waals surface area contributed by atoms with Gasteiger partial charge in [0, 0.05) is 26.7 Å². The Morgan fingerprint density at radius 3 is 2.42 bits per heavy atom. The van der Waals surface area contributed by atoms with Crippen LogP contribution in [0.4, 0.5) is 13.2 Å². The van der Waals surface area contributed by atoms with Crippen molar-refractivity contribution in [2.24, 2.45) is 16.8 Å². The van der Waals surface area contributed by atoms with E-state index in [1.807, 2.05) is 0 Å². The number of nitrogens with one attached hydrogen (secondary N) is 2. The van der Waals surface area contributed by atoms with Gasteiger partial charge in [-0.15, -0.1) is 0 Å². The summed E-state index contributed by atoms with van der Waals surface area (Å²) in [4.78, 5) is 8.22. The Bertz CT molecular complexity index is 433. The van der Waals surface area contributed by atoms with E-state index in [1.165, 1.54) is 30.8 Å². The van der Waals surface area contributed by atoms with Gasteiger partial charge in [-0.25, -0.2) is 0 Å². The smallest absolute Gasteiger partial charge is 0.356 e. The lowest BCUT2D eigenvalue weighted by molar-refractivity contribution is -0.143. The fourth-order valence-corrected chi connectivity index (χ4v) is 3.73. The van der Waals surface area contributed by atoms with Crippen LogP contribution in [0.1, 0.15) is 32.6 Å². The van der Waals surface area contributed by atoms with Crippen molar-refractivity contribution >= 4 is 5.96 Å². The van der Waals surface area contributed by atoms with Gasteiger partial charge in [0.25, 0.3) is 0 Å². The van der Waals surface area contributed by atoms with E-state index in [0.29, 0.717) is 19.6 Å². The average molecular weight is 377 g/mol. The standard InChI is InChI=1S/C18H34F3N5/c1-15-4-9-25(10-5-15)8-3-7-23-17(22-2)24-12-16-6-11-26(13-16)14-18(19,20)21/h15-16H,3-14H2,1-2H3,(H2,22,23,24). The highest BCUT2D eigenvalue weighted by Gasteiger charge is 2.34. The molecule has 5 nitrogen and oxygen atoms in total. The number of rotatable bonds is 7. The first-order valence-electron chi connectivity index (χ1n) is 9.81. The van der Waals surface area contributed by atoms with Crippen molar-refractivity contribution in [2.45, 2.75) is 38.8 Å². The van der Waals surface area contributed by atoms with E-state index in [0.717, 1.165) is 37.8 Å². The monoisotopic (exact) mass is 377 g/mol. The van der Waals surface area contributed by atoms with E-state index in [2.05, 4.69) is 27.4 Å². The summed E-state index contributed by atoms with van der Waals surface area (Å²) in [5, 5.41) is 6.57. The summed E-state index contributed by atoms with van der Waals surface area (Å²) in [7, 11) is 1.73. The van der Waals surface area contributed by atoms with E-state index >= 15 is 0 Å². The second kappa shape index (κ2) is 10.3. The van der Waals surface area contributed by atoms with Gasteiger partial charge in [-0.05, 0) is 63.7 Å². The molecule has 0 aromatic rings. The SMILES string of the molecule is CN=C(NCCCN1CCC(C)CC1)NCC1CCN(CC(F)(F)F)C1. The topological polar surface area (TPSA) is 42.9 Å². The number of alkyl halides is 3. The molecular weight excluding hydrogens is 343 g/mol. The normalized spacial score (nSPS) is 24.2. The Balaban J connectivity index is 1.55. The number of hydrogen-bond acceptors (Lipinski definition) is 3. The van der Waals surface area contributed by atoms with Crippen LogP contribution < -0.4 is 10.6 Å². The minimum absolute atomic E-state index is 0.242. The number of likely N-dealkylation sites (tertiary alicyclic amines) is 2. The van der Waals surface area contributed by atoms with Gasteiger partial charge < -0.3 is 15.5 Å². The van der Waals surface area contributed by atoms with Crippen molar-refractivity contribution in [1.82, 2.24) is 20.4 Å². The molecule has 0 saturated carbocycles. The fourth-order valence-electron chi connectivity index (χ4n) is 3.73. The van der Waals surface area contributed by atoms with Crippen LogP contribution in [0.3, 0.4) is 0 Å². The quantitative estimate of drug-likeness (QED) is 0.405. The van der Waals surface area contributed by atoms with Gasteiger partial charge in [0.15, 0.2) is 5.96 Å². The summed E-state index contributed by atoms with van der Waals surface area (Å²) in [5.74, 6) is 1.84. The fraction of sp³-hybridized carbons (Fsp3) is 0.944. The van der Waals surface area contributed by atoms with E-state index < -0.39 is 12.7 Å². The maximum atomic E-state index is 12.4. The predicted octanol–water partition coefficient (Wildman–Crippen LogP) is 2.16. The van der Waals surface area contributed by atoms with Crippen molar-refractivity contribution in [2.75, 3.05) is 59.4 Å². The molecule has 0 spiro atoms. The lowest BCUT2D eigenvalue weighted by Crippen LogP contribution is -2.42. The summed E-state index contributed by atoms with van der Waals surface area (Å²) in [6.45, 7) is 7.56. The molecule has 152 valence electrons. The van der Waals surface area contributed by atoms with Gasteiger partial charge in [0.2, 0.25) is 0 Å². The second-order valence-corrected chi connectivity index (χ2v) is 7.76. The van der Waals surface area contributed by atoms with E-state index in [9.17, 15) is 13.2 Å². The van der Waals surface area contributed by atoms with Crippen molar-refractivity contribution in [3.63, 3.8) is 0 Å². The number of piperidine rings is 1. The molecule has 0 bridgehead atoms. The molecule has 2 heterocycles. The second-order valence-electron chi connectivity index (χ2n) is 7.76. The zero-order chi connectivity index (χ0) is 19.0. The maximum Gasteiger partial charge on any atom is 0.401 e. The molecule has 26 heavy (non-hydrogen) atoms. The molecule has 2 saturated heterocycles. The molecule has 0 amide bonds. The van der Waals surface area contributed by atoms with E-state index in [-0.39, 0.29) is 5.92 Å². The molecule has 2 aliphatic rings. The molecule has 0 aromatic heterocycles. The van der Waals surface area contributed by atoms with Gasteiger partial charge in [-0.2, -0.15) is 13.2 Å². The largest absolute Gasteiger partial charge is 0.401 e. The summed E-state index contributed by atoms with van der Waals surface area (Å²) in [6, 6.07) is 0. The van der Waals surface area contributed by atoms with Gasteiger partial charge >= 0.3 is 6.18 Å². The molecule has 2 rings (SSSR count). The van der Waals surface area contributed by atoms with Crippen molar-refractivity contribution in [3.05, 3.63) is 0 Å². The maximum absolute atomic E-state index is 12.4. The zero-order valence-electron chi connectivity index (χ0n) is 16.1. The minimum Gasteiger partial charge on any atom is -0.356 e. The lowest BCUT2D eigenvalue weighted by atomic mass is 9.99. The third-order valence-electron chi connectivity index (χ3n) is 5.37. The van der Waals surface area contributed by atoms with Crippen LogP contribution in [0.25, 0.3) is 0 Å². The highest BCUT2D eigenvalue weighted by molar-refractivity contribution is 5.79. The predicted molar refractivity (Wildman–Crippen MR) is 99.4 cm³/mol. The highest BCUT2D eigenvalue weighted by Crippen LogP contribution is 2.22. The van der Waals surface area contributed by atoms with Gasteiger partial charge in [0.1, 0.15) is 0 Å². The molecule has 0 aliphatic carbocycles. The first-order chi connectivity index (χ1) is 12.4. The van der Waals surface area contributed by atoms with E-state index in [1.54, 1.807) is 7.05 Å². The number of nitrogens with zero attached hydrogens (tertiary/aromatic N) is 3. The van der Waals surface area contributed by atoms with Gasteiger partial charge in [-0.1, -0.05) is 6.92 Å². The van der Waals surface area contributed by atoms with Crippen molar-refractivity contribution in [3.8, 4) is 0 Å². The Labute approximate surface area is 155 Å². The molecule has 0 radical (unpaired) electrons. The molecular formula is C18H34F3N5. The third kappa shape index (κ3) is 8.12. The molecule has 1 atom stereocenters. The summed E-state index contributed by atoms with van der Waals surface area (Å²) in [5.41, 5.74) is 0. The lowest BCUT2D eigenvalue weighted by Gasteiger charge is -2.30. The number of guanidine groups is 1. The highest BCUT2D eigenvalue weighted by atomic mass is 19.4. The molecule has 2 aliphatic heterocycles. The van der Waals surface area contributed by atoms with Gasteiger partial charge in [-0.3, -0.25) is 9.89 Å². The Morgan fingerprint density at radius 2 is 1.77 bits per heavy atom. The summed E-state index contributed by atoms with van der Waals surface area (Å²) in [6.07, 6.45) is 0.352. The zero-order valence-corrected chi connectivity index (χ0v) is 16.1. The molecule has 2 N–H and O–H groups in total. The number of halogens is 3. The summed E-state index contributed by atoms with van der Waals surface area (Å²) < 4.78 is 37.3. The van der Waals surface area contributed by atoms with Crippen LogP contribution in [-0.4, -0.2) is 81.3 Å².